The molecule has 0 radical (unpaired) electrons. The molecule has 156 valence electrons. The van der Waals surface area contributed by atoms with Crippen LogP contribution >= 0.6 is 11.6 Å². The fourth-order valence-corrected chi connectivity index (χ4v) is 3.78. The van der Waals surface area contributed by atoms with E-state index in [-0.39, 0.29) is 16.8 Å². The number of hydrogen-bond donors (Lipinski definition) is 1. The van der Waals surface area contributed by atoms with Gasteiger partial charge in [0.15, 0.2) is 0 Å². The zero-order valence-corrected chi connectivity index (χ0v) is 17.2. The quantitative estimate of drug-likeness (QED) is 0.648. The summed E-state index contributed by atoms with van der Waals surface area (Å²) in [6, 6.07) is 3.97. The fraction of sp³-hybridized carbons (Fsp3) is 0.381. The van der Waals surface area contributed by atoms with Crippen LogP contribution in [0.5, 0.6) is 0 Å². The van der Waals surface area contributed by atoms with Gasteiger partial charge in [-0.3, -0.25) is 9.78 Å². The van der Waals surface area contributed by atoms with Crippen molar-refractivity contribution in [3.63, 3.8) is 0 Å². The molecule has 4 rings (SSSR count). The SMILES string of the molecule is Cc1cnc(-c2nnc(C3CCC(CNC(=O)c4ccc(F)c(Cl)c4)CC3)o2)cn1. The predicted octanol–water partition coefficient (Wildman–Crippen LogP) is 4.33. The first-order valence-electron chi connectivity index (χ1n) is 9.85. The zero-order chi connectivity index (χ0) is 21.1. The lowest BCUT2D eigenvalue weighted by molar-refractivity contribution is 0.0942. The van der Waals surface area contributed by atoms with E-state index in [4.69, 9.17) is 16.0 Å². The Morgan fingerprint density at radius 2 is 2.00 bits per heavy atom. The molecule has 30 heavy (non-hydrogen) atoms. The molecule has 1 aliphatic rings. The third-order valence-electron chi connectivity index (χ3n) is 5.37. The van der Waals surface area contributed by atoms with Crippen LogP contribution in [0.4, 0.5) is 4.39 Å². The lowest BCUT2D eigenvalue weighted by Gasteiger charge is -2.26. The van der Waals surface area contributed by atoms with Crippen molar-refractivity contribution in [2.75, 3.05) is 6.54 Å². The Bertz CT molecular complexity index is 1030. The summed E-state index contributed by atoms with van der Waals surface area (Å²) in [5.74, 6) is 0.782. The molecule has 2 heterocycles. The molecular weight excluding hydrogens is 409 g/mol. The average Bonchev–Trinajstić information content (AvgIpc) is 3.25. The van der Waals surface area contributed by atoms with E-state index in [0.717, 1.165) is 31.4 Å². The van der Waals surface area contributed by atoms with Crippen molar-refractivity contribution in [1.29, 1.82) is 0 Å². The first kappa shape index (κ1) is 20.4. The molecule has 0 bridgehead atoms. The molecule has 7 nitrogen and oxygen atoms in total. The minimum Gasteiger partial charge on any atom is -0.419 e. The Morgan fingerprint density at radius 1 is 1.20 bits per heavy atom. The number of hydrogen-bond acceptors (Lipinski definition) is 6. The summed E-state index contributed by atoms with van der Waals surface area (Å²) in [6.45, 7) is 2.43. The van der Waals surface area contributed by atoms with Gasteiger partial charge in [0.1, 0.15) is 11.5 Å². The molecule has 1 fully saturated rings. The number of benzene rings is 1. The maximum Gasteiger partial charge on any atom is 0.267 e. The number of nitrogens with one attached hydrogen (secondary N) is 1. The van der Waals surface area contributed by atoms with E-state index in [0.29, 0.717) is 35.5 Å². The van der Waals surface area contributed by atoms with E-state index in [1.165, 1.54) is 18.2 Å². The zero-order valence-electron chi connectivity index (χ0n) is 16.4. The Balaban J connectivity index is 1.28. The third kappa shape index (κ3) is 4.64. The molecule has 1 N–H and O–H groups in total. The van der Waals surface area contributed by atoms with E-state index >= 15 is 0 Å². The summed E-state index contributed by atoms with van der Waals surface area (Å²) in [5, 5.41) is 11.2. The highest BCUT2D eigenvalue weighted by atomic mass is 35.5. The summed E-state index contributed by atoms with van der Waals surface area (Å²) >= 11 is 5.75. The van der Waals surface area contributed by atoms with E-state index < -0.39 is 5.82 Å². The number of amides is 1. The van der Waals surface area contributed by atoms with Crippen molar-refractivity contribution in [1.82, 2.24) is 25.5 Å². The van der Waals surface area contributed by atoms with Gasteiger partial charge < -0.3 is 9.73 Å². The van der Waals surface area contributed by atoms with Gasteiger partial charge >= 0.3 is 0 Å². The molecule has 0 saturated heterocycles. The maximum atomic E-state index is 13.2. The molecule has 1 aliphatic carbocycles. The van der Waals surface area contributed by atoms with Crippen molar-refractivity contribution in [3.8, 4) is 11.6 Å². The standard InChI is InChI=1S/C21H21ClFN5O2/c1-12-9-25-18(11-24-12)21-28-27-20(30-21)14-4-2-13(3-5-14)10-26-19(29)15-6-7-17(23)16(22)8-15/h6-9,11,13-14H,2-5,10H2,1H3,(H,26,29). The lowest BCUT2D eigenvalue weighted by atomic mass is 9.82. The van der Waals surface area contributed by atoms with Crippen LogP contribution in [0.1, 0.15) is 53.5 Å². The van der Waals surface area contributed by atoms with Crippen molar-refractivity contribution >= 4 is 17.5 Å². The first-order valence-corrected chi connectivity index (χ1v) is 10.2. The molecular formula is C21H21ClFN5O2. The van der Waals surface area contributed by atoms with Crippen LogP contribution in [-0.4, -0.2) is 32.6 Å². The Hall–Kier alpha value is -2.87. The highest BCUT2D eigenvalue weighted by Gasteiger charge is 2.27. The van der Waals surface area contributed by atoms with Gasteiger partial charge in [-0.2, -0.15) is 0 Å². The number of carbonyl (C=O) groups is 1. The number of carbonyl (C=O) groups excluding carboxylic acids is 1. The van der Waals surface area contributed by atoms with Crippen LogP contribution in [-0.2, 0) is 0 Å². The fourth-order valence-electron chi connectivity index (χ4n) is 3.60. The second kappa shape index (κ2) is 8.87. The van der Waals surface area contributed by atoms with Gasteiger partial charge in [0, 0.05) is 24.2 Å². The average molecular weight is 430 g/mol. The largest absolute Gasteiger partial charge is 0.419 e. The molecule has 1 amide bonds. The van der Waals surface area contributed by atoms with Gasteiger partial charge in [0.25, 0.3) is 11.8 Å². The normalized spacial score (nSPS) is 18.9. The number of halogens is 2. The van der Waals surface area contributed by atoms with Crippen LogP contribution in [0.2, 0.25) is 5.02 Å². The summed E-state index contributed by atoms with van der Waals surface area (Å²) in [7, 11) is 0. The molecule has 1 saturated carbocycles. The Kier molecular flexibility index (Phi) is 6.03. The molecule has 0 atom stereocenters. The molecule has 0 unspecified atom stereocenters. The minimum atomic E-state index is -0.537. The third-order valence-corrected chi connectivity index (χ3v) is 5.66. The van der Waals surface area contributed by atoms with Crippen LogP contribution in [0.15, 0.2) is 35.0 Å². The van der Waals surface area contributed by atoms with Crippen LogP contribution < -0.4 is 5.32 Å². The van der Waals surface area contributed by atoms with Gasteiger partial charge in [-0.1, -0.05) is 11.6 Å². The number of aryl methyl sites for hydroxylation is 1. The number of nitrogens with zero attached hydrogens (tertiary/aromatic N) is 4. The van der Waals surface area contributed by atoms with Crippen molar-refractivity contribution in [2.45, 2.75) is 38.5 Å². The van der Waals surface area contributed by atoms with E-state index in [1.807, 2.05) is 6.92 Å². The highest BCUT2D eigenvalue weighted by Crippen LogP contribution is 2.35. The van der Waals surface area contributed by atoms with Crippen LogP contribution in [0, 0.1) is 18.7 Å². The molecule has 0 aliphatic heterocycles. The molecule has 1 aromatic carbocycles. The molecule has 9 heteroatoms. The monoisotopic (exact) mass is 429 g/mol. The Labute approximate surface area is 178 Å². The second-order valence-corrected chi connectivity index (χ2v) is 7.95. The van der Waals surface area contributed by atoms with Crippen molar-refractivity contribution in [2.24, 2.45) is 5.92 Å². The molecule has 0 spiro atoms. The number of aromatic nitrogens is 4. The topological polar surface area (TPSA) is 93.8 Å². The first-order chi connectivity index (χ1) is 14.5. The maximum absolute atomic E-state index is 13.2. The highest BCUT2D eigenvalue weighted by molar-refractivity contribution is 6.31. The van der Waals surface area contributed by atoms with Crippen LogP contribution in [0.25, 0.3) is 11.6 Å². The predicted molar refractivity (Wildman–Crippen MR) is 109 cm³/mol. The number of rotatable bonds is 5. The van der Waals surface area contributed by atoms with E-state index in [2.05, 4.69) is 25.5 Å². The van der Waals surface area contributed by atoms with Gasteiger partial charge in [0.05, 0.1) is 16.9 Å². The van der Waals surface area contributed by atoms with Crippen molar-refractivity contribution in [3.05, 3.63) is 58.6 Å². The summed E-state index contributed by atoms with van der Waals surface area (Å²) < 4.78 is 19.1. The van der Waals surface area contributed by atoms with Gasteiger partial charge in [-0.15, -0.1) is 10.2 Å². The summed E-state index contributed by atoms with van der Waals surface area (Å²) in [6.07, 6.45) is 6.99. The van der Waals surface area contributed by atoms with Gasteiger partial charge in [0.2, 0.25) is 5.89 Å². The second-order valence-electron chi connectivity index (χ2n) is 7.55. The van der Waals surface area contributed by atoms with Gasteiger partial charge in [-0.05, 0) is 56.7 Å². The summed E-state index contributed by atoms with van der Waals surface area (Å²) in [4.78, 5) is 20.7. The van der Waals surface area contributed by atoms with E-state index in [9.17, 15) is 9.18 Å². The summed E-state index contributed by atoms with van der Waals surface area (Å²) in [5.41, 5.74) is 1.75. The van der Waals surface area contributed by atoms with Crippen LogP contribution in [0.3, 0.4) is 0 Å². The Morgan fingerprint density at radius 3 is 2.70 bits per heavy atom. The van der Waals surface area contributed by atoms with E-state index in [1.54, 1.807) is 12.4 Å². The van der Waals surface area contributed by atoms with Crippen molar-refractivity contribution < 1.29 is 13.6 Å². The molecule has 2 aromatic heterocycles. The molecule has 3 aromatic rings. The lowest BCUT2D eigenvalue weighted by Crippen LogP contribution is -2.31. The minimum absolute atomic E-state index is 0.0568. The van der Waals surface area contributed by atoms with Gasteiger partial charge in [-0.25, -0.2) is 9.37 Å². The smallest absolute Gasteiger partial charge is 0.267 e.